The highest BCUT2D eigenvalue weighted by Crippen LogP contribution is 2.26. The molecule has 1 aromatic carbocycles. The van der Waals surface area contributed by atoms with Gasteiger partial charge in [0.05, 0.1) is 12.7 Å². The van der Waals surface area contributed by atoms with Crippen LogP contribution in [-0.4, -0.2) is 23.9 Å². The van der Waals surface area contributed by atoms with E-state index in [-0.39, 0.29) is 12.2 Å². The minimum Gasteiger partial charge on any atom is -0.494 e. The maximum atomic E-state index is 9.67. The molecule has 1 aliphatic rings. The van der Waals surface area contributed by atoms with E-state index in [2.05, 4.69) is 0 Å². The van der Waals surface area contributed by atoms with Crippen LogP contribution in [0.2, 0.25) is 0 Å². The van der Waals surface area contributed by atoms with Gasteiger partial charge in [0.25, 0.3) is 0 Å². The Morgan fingerprint density at radius 3 is 2.81 bits per heavy atom. The summed E-state index contributed by atoms with van der Waals surface area (Å²) in [5, 5.41) is 9.67. The summed E-state index contributed by atoms with van der Waals surface area (Å²) in [5.74, 6) is 1.59. The second-order valence-electron chi connectivity index (χ2n) is 4.06. The Morgan fingerprint density at radius 2 is 2.12 bits per heavy atom. The van der Waals surface area contributed by atoms with Gasteiger partial charge in [0, 0.05) is 6.07 Å². The Bertz CT molecular complexity index is 338. The Kier molecular flexibility index (Phi) is 3.67. The predicted molar refractivity (Wildman–Crippen MR) is 61.9 cm³/mol. The smallest absolute Gasteiger partial charge is 0.124 e. The van der Waals surface area contributed by atoms with E-state index in [1.165, 1.54) is 0 Å². The summed E-state index contributed by atoms with van der Waals surface area (Å²) < 4.78 is 11.1. The van der Waals surface area contributed by atoms with E-state index < -0.39 is 0 Å². The van der Waals surface area contributed by atoms with Gasteiger partial charge in [-0.2, -0.15) is 0 Å². The van der Waals surface area contributed by atoms with Crippen molar-refractivity contribution in [2.45, 2.75) is 38.4 Å². The first-order valence-electron chi connectivity index (χ1n) is 5.87. The van der Waals surface area contributed by atoms with Gasteiger partial charge in [-0.15, -0.1) is 0 Å². The van der Waals surface area contributed by atoms with Crippen LogP contribution in [0.5, 0.6) is 11.5 Å². The van der Waals surface area contributed by atoms with E-state index >= 15 is 0 Å². The Labute approximate surface area is 96.0 Å². The third-order valence-electron chi connectivity index (χ3n) is 2.82. The highest BCUT2D eigenvalue weighted by atomic mass is 16.5. The second-order valence-corrected chi connectivity index (χ2v) is 4.06. The van der Waals surface area contributed by atoms with Crippen molar-refractivity contribution in [2.75, 3.05) is 6.61 Å². The Morgan fingerprint density at radius 1 is 1.31 bits per heavy atom. The summed E-state index contributed by atoms with van der Waals surface area (Å²) in [5.41, 5.74) is 0. The van der Waals surface area contributed by atoms with Crippen LogP contribution in [0.25, 0.3) is 0 Å². The van der Waals surface area contributed by atoms with Gasteiger partial charge in [-0.25, -0.2) is 0 Å². The molecular formula is C13H18O3. The lowest BCUT2D eigenvalue weighted by atomic mass is 10.2. The Balaban J connectivity index is 2.00. The van der Waals surface area contributed by atoms with Crippen LogP contribution in [0, 0.1) is 0 Å². The number of ether oxygens (including phenoxy) is 2. The van der Waals surface area contributed by atoms with Gasteiger partial charge in [-0.1, -0.05) is 6.07 Å². The van der Waals surface area contributed by atoms with Gasteiger partial charge < -0.3 is 14.6 Å². The fraction of sp³-hybridized carbons (Fsp3) is 0.538. The van der Waals surface area contributed by atoms with Crippen LogP contribution in [0.3, 0.4) is 0 Å². The van der Waals surface area contributed by atoms with Gasteiger partial charge in [0.2, 0.25) is 0 Å². The summed E-state index contributed by atoms with van der Waals surface area (Å²) in [4.78, 5) is 0. The molecule has 1 fully saturated rings. The van der Waals surface area contributed by atoms with E-state index in [0.29, 0.717) is 6.61 Å². The summed E-state index contributed by atoms with van der Waals surface area (Å²) in [6, 6.07) is 7.57. The molecule has 88 valence electrons. The third kappa shape index (κ3) is 2.67. The minimum absolute atomic E-state index is 0.0584. The summed E-state index contributed by atoms with van der Waals surface area (Å²) in [6.45, 7) is 2.60. The number of rotatable bonds is 4. The van der Waals surface area contributed by atoms with Crippen molar-refractivity contribution in [3.05, 3.63) is 24.3 Å². The molecule has 1 aromatic rings. The molecule has 1 N–H and O–H groups in total. The minimum atomic E-state index is -0.323. The normalized spacial score (nSPS) is 24.4. The number of hydrogen-bond donors (Lipinski definition) is 1. The average Bonchev–Trinajstić information content (AvgIpc) is 2.66. The molecule has 0 radical (unpaired) electrons. The fourth-order valence-electron chi connectivity index (χ4n) is 2.02. The van der Waals surface area contributed by atoms with Crippen LogP contribution >= 0.6 is 0 Å². The predicted octanol–water partition coefficient (Wildman–Crippen LogP) is 2.38. The monoisotopic (exact) mass is 222 g/mol. The maximum Gasteiger partial charge on any atom is 0.124 e. The molecule has 2 atom stereocenters. The van der Waals surface area contributed by atoms with E-state index in [1.54, 1.807) is 0 Å². The van der Waals surface area contributed by atoms with Crippen molar-refractivity contribution in [1.29, 1.82) is 0 Å². The van der Waals surface area contributed by atoms with Crippen LogP contribution in [0.4, 0.5) is 0 Å². The summed E-state index contributed by atoms with van der Waals surface area (Å²) >= 11 is 0. The maximum absolute atomic E-state index is 9.67. The lowest BCUT2D eigenvalue weighted by Gasteiger charge is -2.17. The molecule has 0 aliphatic heterocycles. The van der Waals surface area contributed by atoms with E-state index in [4.69, 9.17) is 9.47 Å². The van der Waals surface area contributed by atoms with Gasteiger partial charge in [-0.3, -0.25) is 0 Å². The summed E-state index contributed by atoms with van der Waals surface area (Å²) in [6.07, 6.45) is 2.43. The van der Waals surface area contributed by atoms with Gasteiger partial charge in [0.1, 0.15) is 17.6 Å². The van der Waals surface area contributed by atoms with Crippen LogP contribution in [-0.2, 0) is 0 Å². The van der Waals surface area contributed by atoms with Crippen molar-refractivity contribution in [3.63, 3.8) is 0 Å². The zero-order chi connectivity index (χ0) is 11.4. The number of aliphatic hydroxyl groups excluding tert-OH is 1. The van der Waals surface area contributed by atoms with Crippen molar-refractivity contribution < 1.29 is 14.6 Å². The highest BCUT2D eigenvalue weighted by Gasteiger charge is 2.26. The van der Waals surface area contributed by atoms with E-state index in [0.717, 1.165) is 30.8 Å². The summed E-state index contributed by atoms with van der Waals surface area (Å²) in [7, 11) is 0. The van der Waals surface area contributed by atoms with Gasteiger partial charge in [-0.05, 0) is 38.3 Å². The van der Waals surface area contributed by atoms with Crippen molar-refractivity contribution in [3.8, 4) is 11.5 Å². The molecule has 3 nitrogen and oxygen atoms in total. The average molecular weight is 222 g/mol. The van der Waals surface area contributed by atoms with Gasteiger partial charge in [0.15, 0.2) is 0 Å². The van der Waals surface area contributed by atoms with Crippen molar-refractivity contribution >= 4 is 0 Å². The fourth-order valence-corrected chi connectivity index (χ4v) is 2.02. The molecule has 0 heterocycles. The number of aliphatic hydroxyl groups is 1. The first-order valence-corrected chi connectivity index (χ1v) is 5.87. The van der Waals surface area contributed by atoms with Crippen LogP contribution in [0.15, 0.2) is 24.3 Å². The van der Waals surface area contributed by atoms with Gasteiger partial charge >= 0.3 is 0 Å². The largest absolute Gasteiger partial charge is 0.494 e. The van der Waals surface area contributed by atoms with Crippen molar-refractivity contribution in [2.24, 2.45) is 0 Å². The molecule has 1 saturated carbocycles. The zero-order valence-corrected chi connectivity index (χ0v) is 9.56. The quantitative estimate of drug-likeness (QED) is 0.850. The highest BCUT2D eigenvalue weighted by molar-refractivity contribution is 5.33. The molecule has 0 bridgehead atoms. The first kappa shape index (κ1) is 11.3. The first-order chi connectivity index (χ1) is 7.79. The lowest BCUT2D eigenvalue weighted by molar-refractivity contribution is 0.0602. The molecule has 0 unspecified atom stereocenters. The number of hydrogen-bond acceptors (Lipinski definition) is 3. The molecule has 16 heavy (non-hydrogen) atoms. The Hall–Kier alpha value is -1.22. The van der Waals surface area contributed by atoms with Crippen LogP contribution in [0.1, 0.15) is 26.2 Å². The number of benzene rings is 1. The standard InChI is InChI=1S/C13H18O3/c1-2-15-10-5-3-6-11(9-10)16-13-8-4-7-12(13)14/h3,5-6,9,12-14H,2,4,7-8H2,1H3/t12-,13-/m0/s1. The lowest BCUT2D eigenvalue weighted by Crippen LogP contribution is -2.25. The zero-order valence-electron chi connectivity index (χ0n) is 9.56. The molecular weight excluding hydrogens is 204 g/mol. The molecule has 0 spiro atoms. The SMILES string of the molecule is CCOc1cccc(O[C@H]2CCC[C@@H]2O)c1. The molecule has 1 aliphatic carbocycles. The second kappa shape index (κ2) is 5.21. The molecule has 0 saturated heterocycles. The van der Waals surface area contributed by atoms with Crippen LogP contribution < -0.4 is 9.47 Å². The third-order valence-corrected chi connectivity index (χ3v) is 2.82. The van der Waals surface area contributed by atoms with E-state index in [1.807, 2.05) is 31.2 Å². The van der Waals surface area contributed by atoms with E-state index in [9.17, 15) is 5.11 Å². The molecule has 3 heteroatoms. The topological polar surface area (TPSA) is 38.7 Å². The molecule has 0 amide bonds. The molecule has 0 aromatic heterocycles. The molecule has 2 rings (SSSR count). The van der Waals surface area contributed by atoms with Crippen molar-refractivity contribution in [1.82, 2.24) is 0 Å².